The van der Waals surface area contributed by atoms with Crippen LogP contribution in [-0.4, -0.2) is 39.8 Å². The Bertz CT molecular complexity index is 1100. The van der Waals surface area contributed by atoms with Crippen LogP contribution in [0.3, 0.4) is 0 Å². The molecule has 1 aliphatic heterocycles. The van der Waals surface area contributed by atoms with Crippen LogP contribution >= 0.6 is 0 Å². The minimum absolute atomic E-state index is 0.0223. The SMILES string of the molecule is O=C(NCc1cccnc1)C1CN(C(=O)CCCc2c[nH]c3ccccc23)CC12CCC2. The number of benzene rings is 1. The molecule has 1 unspecified atom stereocenters. The second-order valence-corrected chi connectivity index (χ2v) is 9.33. The fourth-order valence-electron chi connectivity index (χ4n) is 5.40. The van der Waals surface area contributed by atoms with Gasteiger partial charge in [-0.3, -0.25) is 14.6 Å². The number of nitrogens with zero attached hydrogens (tertiary/aromatic N) is 2. The third-order valence-electron chi connectivity index (χ3n) is 7.37. The number of fused-ring (bicyclic) bond motifs is 1. The lowest BCUT2D eigenvalue weighted by Crippen LogP contribution is -2.45. The Morgan fingerprint density at radius 3 is 2.84 bits per heavy atom. The van der Waals surface area contributed by atoms with Gasteiger partial charge in [-0.2, -0.15) is 0 Å². The quantitative estimate of drug-likeness (QED) is 0.598. The molecule has 166 valence electrons. The molecule has 2 amide bonds. The van der Waals surface area contributed by atoms with Crippen molar-refractivity contribution in [1.82, 2.24) is 20.2 Å². The molecule has 1 aromatic carbocycles. The molecule has 3 heterocycles. The molecule has 1 saturated carbocycles. The number of hydrogen-bond acceptors (Lipinski definition) is 3. The number of hydrogen-bond donors (Lipinski definition) is 2. The lowest BCUT2D eigenvalue weighted by atomic mass is 9.62. The molecule has 2 fully saturated rings. The molecular formula is C26H30N4O2. The summed E-state index contributed by atoms with van der Waals surface area (Å²) in [7, 11) is 0. The number of aromatic nitrogens is 2. The van der Waals surface area contributed by atoms with E-state index in [0.29, 0.717) is 19.5 Å². The van der Waals surface area contributed by atoms with Gasteiger partial charge in [0.05, 0.1) is 5.92 Å². The van der Waals surface area contributed by atoms with Gasteiger partial charge in [-0.1, -0.05) is 30.7 Å². The van der Waals surface area contributed by atoms with Gasteiger partial charge < -0.3 is 15.2 Å². The lowest BCUT2D eigenvalue weighted by Gasteiger charge is -2.41. The number of rotatable bonds is 7. The summed E-state index contributed by atoms with van der Waals surface area (Å²) in [6.07, 6.45) is 11.0. The van der Waals surface area contributed by atoms with Crippen LogP contribution in [0.5, 0.6) is 0 Å². The molecule has 1 saturated heterocycles. The van der Waals surface area contributed by atoms with Crippen LogP contribution in [0.2, 0.25) is 0 Å². The number of carbonyl (C=O) groups is 2. The van der Waals surface area contributed by atoms with E-state index in [1.54, 1.807) is 12.4 Å². The van der Waals surface area contributed by atoms with Gasteiger partial charge in [-0.05, 0) is 48.9 Å². The maximum absolute atomic E-state index is 13.0. The molecule has 2 aliphatic rings. The van der Waals surface area contributed by atoms with Crippen LogP contribution in [0.4, 0.5) is 0 Å². The highest BCUT2D eigenvalue weighted by Gasteiger charge is 2.54. The highest BCUT2D eigenvalue weighted by molar-refractivity contribution is 5.84. The minimum atomic E-state index is -0.106. The number of H-pyrrole nitrogens is 1. The molecule has 6 heteroatoms. The van der Waals surface area contributed by atoms with Crippen LogP contribution in [0.25, 0.3) is 10.9 Å². The summed E-state index contributed by atoms with van der Waals surface area (Å²) < 4.78 is 0. The summed E-state index contributed by atoms with van der Waals surface area (Å²) in [5, 5.41) is 4.32. The first-order valence-corrected chi connectivity index (χ1v) is 11.6. The smallest absolute Gasteiger partial charge is 0.225 e. The van der Waals surface area contributed by atoms with Gasteiger partial charge in [-0.25, -0.2) is 0 Å². The Morgan fingerprint density at radius 2 is 2.06 bits per heavy atom. The highest BCUT2D eigenvalue weighted by atomic mass is 16.2. The second-order valence-electron chi connectivity index (χ2n) is 9.33. The monoisotopic (exact) mass is 430 g/mol. The normalized spacial score (nSPS) is 19.2. The topological polar surface area (TPSA) is 78.1 Å². The molecule has 32 heavy (non-hydrogen) atoms. The van der Waals surface area contributed by atoms with E-state index >= 15 is 0 Å². The Kier molecular flexibility index (Phi) is 5.68. The molecule has 1 aliphatic carbocycles. The number of aryl methyl sites for hydroxylation is 1. The van der Waals surface area contributed by atoms with E-state index in [4.69, 9.17) is 0 Å². The Morgan fingerprint density at radius 1 is 1.19 bits per heavy atom. The molecule has 2 aromatic heterocycles. The van der Waals surface area contributed by atoms with Gasteiger partial charge in [0.1, 0.15) is 0 Å². The van der Waals surface area contributed by atoms with Crippen LogP contribution in [0.1, 0.15) is 43.2 Å². The van der Waals surface area contributed by atoms with Crippen molar-refractivity contribution < 1.29 is 9.59 Å². The van der Waals surface area contributed by atoms with E-state index in [9.17, 15) is 9.59 Å². The lowest BCUT2D eigenvalue weighted by molar-refractivity contribution is -0.130. The first kappa shape index (κ1) is 20.7. The Hall–Kier alpha value is -3.15. The van der Waals surface area contributed by atoms with E-state index < -0.39 is 0 Å². The van der Waals surface area contributed by atoms with Gasteiger partial charge in [0, 0.05) is 61.0 Å². The number of amides is 2. The molecule has 1 atom stereocenters. The predicted molar refractivity (Wildman–Crippen MR) is 124 cm³/mol. The van der Waals surface area contributed by atoms with Crippen molar-refractivity contribution in [3.05, 3.63) is 66.1 Å². The largest absolute Gasteiger partial charge is 0.361 e. The third-order valence-corrected chi connectivity index (χ3v) is 7.37. The molecule has 2 N–H and O–H groups in total. The van der Waals surface area contributed by atoms with E-state index in [0.717, 1.165) is 49.7 Å². The van der Waals surface area contributed by atoms with E-state index in [1.807, 2.05) is 29.2 Å². The van der Waals surface area contributed by atoms with Crippen molar-refractivity contribution in [3.63, 3.8) is 0 Å². The average Bonchev–Trinajstić information content (AvgIpc) is 3.41. The van der Waals surface area contributed by atoms with Crippen molar-refractivity contribution in [3.8, 4) is 0 Å². The van der Waals surface area contributed by atoms with Crippen LogP contribution in [0, 0.1) is 11.3 Å². The second kappa shape index (κ2) is 8.77. The molecule has 1 spiro atoms. The minimum Gasteiger partial charge on any atom is -0.361 e. The molecule has 5 rings (SSSR count). The maximum Gasteiger partial charge on any atom is 0.225 e. The third kappa shape index (κ3) is 4.01. The van der Waals surface area contributed by atoms with Crippen LogP contribution in [-0.2, 0) is 22.6 Å². The zero-order chi connectivity index (χ0) is 22.0. The Labute approximate surface area is 188 Å². The summed E-state index contributed by atoms with van der Waals surface area (Å²) in [6, 6.07) is 12.1. The van der Waals surface area contributed by atoms with E-state index in [-0.39, 0.29) is 23.1 Å². The molecule has 3 aromatic rings. The van der Waals surface area contributed by atoms with E-state index in [1.165, 1.54) is 10.9 Å². The number of para-hydroxylation sites is 1. The van der Waals surface area contributed by atoms with Crippen molar-refractivity contribution in [1.29, 1.82) is 0 Å². The number of likely N-dealkylation sites (tertiary alicyclic amines) is 1. The fraction of sp³-hybridized carbons (Fsp3) is 0.423. The summed E-state index contributed by atoms with van der Waals surface area (Å²) in [5.74, 6) is 0.145. The number of aromatic amines is 1. The Balaban J connectivity index is 1.16. The number of pyridine rings is 1. The summed E-state index contributed by atoms with van der Waals surface area (Å²) in [6.45, 7) is 1.76. The van der Waals surface area contributed by atoms with Gasteiger partial charge in [0.2, 0.25) is 11.8 Å². The van der Waals surface area contributed by atoms with Crippen LogP contribution in [0.15, 0.2) is 55.0 Å². The number of carbonyl (C=O) groups excluding carboxylic acids is 2. The predicted octanol–water partition coefficient (Wildman–Crippen LogP) is 3.83. The van der Waals surface area contributed by atoms with Gasteiger partial charge >= 0.3 is 0 Å². The van der Waals surface area contributed by atoms with Crippen molar-refractivity contribution in [2.24, 2.45) is 11.3 Å². The van der Waals surface area contributed by atoms with Crippen molar-refractivity contribution >= 4 is 22.7 Å². The number of nitrogens with one attached hydrogen (secondary N) is 2. The molecule has 6 nitrogen and oxygen atoms in total. The molecular weight excluding hydrogens is 400 g/mol. The first-order chi connectivity index (χ1) is 15.6. The van der Waals surface area contributed by atoms with E-state index in [2.05, 4.69) is 33.6 Å². The molecule has 0 bridgehead atoms. The highest BCUT2D eigenvalue weighted by Crippen LogP contribution is 2.51. The van der Waals surface area contributed by atoms with Gasteiger partial charge in [-0.15, -0.1) is 0 Å². The fourth-order valence-corrected chi connectivity index (χ4v) is 5.40. The summed E-state index contributed by atoms with van der Waals surface area (Å²) in [5.41, 5.74) is 3.37. The average molecular weight is 431 g/mol. The summed E-state index contributed by atoms with van der Waals surface area (Å²) >= 11 is 0. The van der Waals surface area contributed by atoms with Crippen molar-refractivity contribution in [2.75, 3.05) is 13.1 Å². The van der Waals surface area contributed by atoms with Gasteiger partial charge in [0.25, 0.3) is 0 Å². The maximum atomic E-state index is 13.0. The van der Waals surface area contributed by atoms with Crippen molar-refractivity contribution in [2.45, 2.75) is 45.1 Å². The van der Waals surface area contributed by atoms with Gasteiger partial charge in [0.15, 0.2) is 0 Å². The first-order valence-electron chi connectivity index (χ1n) is 11.6. The zero-order valence-corrected chi connectivity index (χ0v) is 18.3. The van der Waals surface area contributed by atoms with Crippen LogP contribution < -0.4 is 5.32 Å². The molecule has 0 radical (unpaired) electrons. The summed E-state index contributed by atoms with van der Waals surface area (Å²) in [4.78, 5) is 35.4. The standard InChI is InChI=1S/C26H30N4O2/c31-24(10-3-7-20-16-28-23-9-2-1-8-21(20)23)30-17-22(26(18-30)11-5-12-26)25(32)29-15-19-6-4-13-27-14-19/h1-2,4,6,8-9,13-14,16,22,28H,3,5,7,10-12,15,17-18H2,(H,29,32). The zero-order valence-electron chi connectivity index (χ0n) is 18.3.